The van der Waals surface area contributed by atoms with Crippen molar-refractivity contribution in [2.75, 3.05) is 18.5 Å². The molecule has 1 aliphatic rings. The normalized spacial score (nSPS) is 17.4. The van der Waals surface area contributed by atoms with E-state index in [9.17, 15) is 19.1 Å². The summed E-state index contributed by atoms with van der Waals surface area (Å²) in [5.41, 5.74) is 0.724. The quantitative estimate of drug-likeness (QED) is 0.888. The average Bonchev–Trinajstić information content (AvgIpc) is 2.61. The molecule has 1 aliphatic heterocycles. The van der Waals surface area contributed by atoms with Crippen molar-refractivity contribution in [1.82, 2.24) is 4.90 Å². The maximum Gasteiger partial charge on any atom is 0.249 e. The minimum Gasteiger partial charge on any atom is -0.505 e. The lowest BCUT2D eigenvalue weighted by molar-refractivity contribution is -0.154. The van der Waals surface area contributed by atoms with Crippen LogP contribution < -0.4 is 5.32 Å². The Balaban J connectivity index is 1.78. The van der Waals surface area contributed by atoms with Crippen LogP contribution in [-0.4, -0.2) is 41.1 Å². The summed E-state index contributed by atoms with van der Waals surface area (Å²) in [7, 11) is 0. The molecule has 0 spiro atoms. The van der Waals surface area contributed by atoms with Crippen molar-refractivity contribution < 1.29 is 23.8 Å². The smallest absolute Gasteiger partial charge is 0.249 e. The highest BCUT2D eigenvalue weighted by molar-refractivity contribution is 5.98. The number of nitrogens with zero attached hydrogens (tertiary/aromatic N) is 1. The van der Waals surface area contributed by atoms with Crippen LogP contribution in [0.1, 0.15) is 5.56 Å². The van der Waals surface area contributed by atoms with Gasteiger partial charge in [-0.25, -0.2) is 4.39 Å². The van der Waals surface area contributed by atoms with Gasteiger partial charge in [-0.2, -0.15) is 0 Å². The summed E-state index contributed by atoms with van der Waals surface area (Å²) in [6.07, 6.45) is 0. The number of ether oxygens (including phenoxy) is 1. The van der Waals surface area contributed by atoms with E-state index in [0.717, 1.165) is 5.56 Å². The maximum absolute atomic E-state index is 13.9. The summed E-state index contributed by atoms with van der Waals surface area (Å²) in [5.74, 6) is -2.37. The summed E-state index contributed by atoms with van der Waals surface area (Å²) in [6, 6.07) is 12.3. The molecule has 0 aromatic heterocycles. The van der Waals surface area contributed by atoms with Crippen LogP contribution in [0, 0.1) is 5.82 Å². The molecular weight excluding hydrogens is 327 g/mol. The van der Waals surface area contributed by atoms with Gasteiger partial charge >= 0.3 is 0 Å². The Kier molecular flexibility index (Phi) is 4.95. The van der Waals surface area contributed by atoms with Crippen LogP contribution in [0.25, 0.3) is 0 Å². The number of aromatic hydroxyl groups is 1. The predicted octanol–water partition coefficient (Wildman–Crippen LogP) is 1.90. The number of amides is 2. The van der Waals surface area contributed by atoms with E-state index in [4.69, 9.17) is 4.74 Å². The van der Waals surface area contributed by atoms with Gasteiger partial charge in [-0.05, 0) is 17.7 Å². The van der Waals surface area contributed by atoms with Gasteiger partial charge in [-0.15, -0.1) is 0 Å². The molecule has 1 fully saturated rings. The van der Waals surface area contributed by atoms with Gasteiger partial charge < -0.3 is 20.1 Å². The third kappa shape index (κ3) is 3.77. The zero-order valence-electron chi connectivity index (χ0n) is 13.3. The molecule has 1 atom stereocenters. The SMILES string of the molecule is O=C(Nc1cccc(O)c1F)[C@H]1COCC(=O)N1Cc1ccccc1. The summed E-state index contributed by atoms with van der Waals surface area (Å²) in [4.78, 5) is 26.1. The van der Waals surface area contributed by atoms with Gasteiger partial charge in [0.05, 0.1) is 12.3 Å². The van der Waals surface area contributed by atoms with Gasteiger partial charge in [0.1, 0.15) is 12.6 Å². The number of carbonyl (C=O) groups is 2. The zero-order chi connectivity index (χ0) is 17.8. The third-order valence-electron chi connectivity index (χ3n) is 3.93. The molecule has 2 aromatic carbocycles. The molecule has 6 nitrogen and oxygen atoms in total. The lowest BCUT2D eigenvalue weighted by Crippen LogP contribution is -2.54. The Morgan fingerprint density at radius 3 is 2.76 bits per heavy atom. The van der Waals surface area contributed by atoms with Gasteiger partial charge in [0.25, 0.3) is 0 Å². The van der Waals surface area contributed by atoms with E-state index in [1.807, 2.05) is 30.3 Å². The molecule has 0 aliphatic carbocycles. The molecule has 0 radical (unpaired) electrons. The molecule has 0 saturated carbocycles. The monoisotopic (exact) mass is 344 g/mol. The summed E-state index contributed by atoms with van der Waals surface area (Å²) >= 11 is 0. The largest absolute Gasteiger partial charge is 0.505 e. The van der Waals surface area contributed by atoms with E-state index >= 15 is 0 Å². The van der Waals surface area contributed by atoms with Gasteiger partial charge in [0.15, 0.2) is 11.6 Å². The molecule has 0 bridgehead atoms. The summed E-state index contributed by atoms with van der Waals surface area (Å²) < 4.78 is 19.1. The molecule has 25 heavy (non-hydrogen) atoms. The number of rotatable bonds is 4. The topological polar surface area (TPSA) is 78.9 Å². The lowest BCUT2D eigenvalue weighted by atomic mass is 10.1. The Hall–Kier alpha value is -2.93. The first-order chi connectivity index (χ1) is 12.1. The van der Waals surface area contributed by atoms with Crippen molar-refractivity contribution in [3.63, 3.8) is 0 Å². The lowest BCUT2D eigenvalue weighted by Gasteiger charge is -2.34. The van der Waals surface area contributed by atoms with Crippen LogP contribution in [0.5, 0.6) is 5.75 Å². The molecule has 0 unspecified atom stereocenters. The number of hydrogen-bond donors (Lipinski definition) is 2. The standard InChI is InChI=1S/C18H17FN2O4/c19-17-13(7-4-8-15(17)22)20-18(24)14-10-25-11-16(23)21(14)9-12-5-2-1-3-6-12/h1-8,14,22H,9-11H2,(H,20,24)/t14-/m1/s1. The fourth-order valence-electron chi connectivity index (χ4n) is 2.63. The van der Waals surface area contributed by atoms with Crippen molar-refractivity contribution in [3.05, 3.63) is 59.9 Å². The highest BCUT2D eigenvalue weighted by atomic mass is 19.1. The van der Waals surface area contributed by atoms with Crippen LogP contribution in [-0.2, 0) is 20.9 Å². The molecule has 3 rings (SSSR count). The zero-order valence-corrected chi connectivity index (χ0v) is 13.3. The van der Waals surface area contributed by atoms with Crippen molar-refractivity contribution >= 4 is 17.5 Å². The van der Waals surface area contributed by atoms with Gasteiger partial charge in [0.2, 0.25) is 11.8 Å². The first kappa shape index (κ1) is 16.9. The van der Waals surface area contributed by atoms with E-state index in [0.29, 0.717) is 0 Å². The molecule has 2 aromatic rings. The second-order valence-electron chi connectivity index (χ2n) is 5.67. The number of hydrogen-bond acceptors (Lipinski definition) is 4. The van der Waals surface area contributed by atoms with Crippen LogP contribution in [0.4, 0.5) is 10.1 Å². The van der Waals surface area contributed by atoms with Crippen molar-refractivity contribution in [2.24, 2.45) is 0 Å². The fraction of sp³-hybridized carbons (Fsp3) is 0.222. The van der Waals surface area contributed by atoms with Gasteiger partial charge in [-0.1, -0.05) is 36.4 Å². The Labute approximate surface area is 143 Å². The number of phenols is 1. The van der Waals surface area contributed by atoms with Crippen molar-refractivity contribution in [3.8, 4) is 5.75 Å². The van der Waals surface area contributed by atoms with Crippen LogP contribution in [0.2, 0.25) is 0 Å². The highest BCUT2D eigenvalue weighted by Gasteiger charge is 2.34. The number of anilines is 1. The molecule has 1 heterocycles. The summed E-state index contributed by atoms with van der Waals surface area (Å²) in [6.45, 7) is 0.172. The molecule has 2 N–H and O–H groups in total. The van der Waals surface area contributed by atoms with Gasteiger partial charge in [0, 0.05) is 6.54 Å². The van der Waals surface area contributed by atoms with E-state index < -0.39 is 23.5 Å². The Bertz CT molecular complexity index is 782. The maximum atomic E-state index is 13.9. The second-order valence-corrected chi connectivity index (χ2v) is 5.67. The van der Waals surface area contributed by atoms with Crippen LogP contribution in [0.15, 0.2) is 48.5 Å². The number of phenolic OH excluding ortho intramolecular Hbond substituents is 1. The number of halogens is 1. The Morgan fingerprint density at radius 1 is 1.24 bits per heavy atom. The molecule has 7 heteroatoms. The second kappa shape index (κ2) is 7.31. The average molecular weight is 344 g/mol. The van der Waals surface area contributed by atoms with Crippen LogP contribution >= 0.6 is 0 Å². The predicted molar refractivity (Wildman–Crippen MR) is 88.3 cm³/mol. The molecule has 2 amide bonds. The molecule has 130 valence electrons. The number of nitrogens with one attached hydrogen (secondary N) is 1. The third-order valence-corrected chi connectivity index (χ3v) is 3.93. The van der Waals surface area contributed by atoms with E-state index in [2.05, 4.69) is 5.32 Å². The minimum atomic E-state index is -0.923. The highest BCUT2D eigenvalue weighted by Crippen LogP contribution is 2.24. The van der Waals surface area contributed by atoms with Gasteiger partial charge in [-0.3, -0.25) is 9.59 Å². The number of carbonyl (C=O) groups excluding carboxylic acids is 2. The summed E-state index contributed by atoms with van der Waals surface area (Å²) in [5, 5.41) is 11.8. The first-order valence-electron chi connectivity index (χ1n) is 7.75. The van der Waals surface area contributed by atoms with E-state index in [1.165, 1.54) is 23.1 Å². The van der Waals surface area contributed by atoms with Crippen molar-refractivity contribution in [2.45, 2.75) is 12.6 Å². The minimum absolute atomic E-state index is 0.0187. The van der Waals surface area contributed by atoms with Crippen molar-refractivity contribution in [1.29, 1.82) is 0 Å². The number of benzene rings is 2. The van der Waals surface area contributed by atoms with E-state index in [-0.39, 0.29) is 31.4 Å². The van der Waals surface area contributed by atoms with Crippen LogP contribution in [0.3, 0.4) is 0 Å². The molecule has 1 saturated heterocycles. The van der Waals surface area contributed by atoms with E-state index in [1.54, 1.807) is 0 Å². The number of morpholine rings is 1. The first-order valence-corrected chi connectivity index (χ1v) is 7.75. The molecular formula is C18H17FN2O4. The Morgan fingerprint density at radius 2 is 2.00 bits per heavy atom. The fourth-order valence-corrected chi connectivity index (χ4v) is 2.63.